The van der Waals surface area contributed by atoms with E-state index in [4.69, 9.17) is 16.3 Å². The van der Waals surface area contributed by atoms with Crippen LogP contribution in [-0.4, -0.2) is 19.9 Å². The minimum atomic E-state index is -4.28. The van der Waals surface area contributed by atoms with Gasteiger partial charge in [0.05, 0.1) is 12.5 Å². The summed E-state index contributed by atoms with van der Waals surface area (Å²) in [6.07, 6.45) is -1.32. The van der Waals surface area contributed by atoms with Crippen LogP contribution in [0, 0.1) is 5.92 Å². The molecule has 1 atom stereocenters. The molecule has 1 unspecified atom stereocenters. The highest BCUT2D eigenvalue weighted by atomic mass is 35.5. The second-order valence-electron chi connectivity index (χ2n) is 3.04. The lowest BCUT2D eigenvalue weighted by Gasteiger charge is -2.23. The van der Waals surface area contributed by atoms with E-state index in [-0.39, 0.29) is 18.1 Å². The Morgan fingerprint density at radius 3 is 2.71 bits per heavy atom. The van der Waals surface area contributed by atoms with E-state index in [2.05, 4.69) is 0 Å². The second kappa shape index (κ2) is 4.36. The van der Waals surface area contributed by atoms with Crippen LogP contribution in [0.1, 0.15) is 6.42 Å². The fraction of sp³-hybridized carbons (Fsp3) is 0.556. The topological polar surface area (TPSA) is 9.23 Å². The highest BCUT2D eigenvalue weighted by Gasteiger charge is 2.42. The van der Waals surface area contributed by atoms with Crippen molar-refractivity contribution in [2.24, 2.45) is 5.92 Å². The molecule has 0 aromatic rings. The Bertz CT molecular complexity index is 268. The van der Waals surface area contributed by atoms with Gasteiger partial charge in [-0.2, -0.15) is 13.2 Å². The molecular formula is C9H10ClF3O. The van der Waals surface area contributed by atoms with Crippen LogP contribution in [0.2, 0.25) is 0 Å². The molecule has 0 aromatic carbocycles. The van der Waals surface area contributed by atoms with Crippen molar-refractivity contribution in [3.05, 3.63) is 22.8 Å². The van der Waals surface area contributed by atoms with Gasteiger partial charge in [-0.25, -0.2) is 0 Å². The van der Waals surface area contributed by atoms with Crippen molar-refractivity contribution in [2.75, 3.05) is 13.7 Å². The molecule has 14 heavy (non-hydrogen) atoms. The number of alkyl halides is 3. The molecular weight excluding hydrogens is 217 g/mol. The van der Waals surface area contributed by atoms with Crippen LogP contribution in [0.4, 0.5) is 13.2 Å². The number of halogens is 4. The van der Waals surface area contributed by atoms with Gasteiger partial charge in [-0.05, 0) is 12.0 Å². The molecule has 0 spiro atoms. The highest BCUT2D eigenvalue weighted by Crippen LogP contribution is 2.40. The third kappa shape index (κ3) is 2.51. The van der Waals surface area contributed by atoms with Crippen LogP contribution < -0.4 is 0 Å². The predicted octanol–water partition coefficient (Wildman–Crippen LogP) is 3.26. The first kappa shape index (κ1) is 11.6. The standard InChI is InChI=1S/C9H10ClF3O/c1-14-5-6-3-2-4-7(8(6)10)9(11,12)13/h2-3,7H,4-5H2,1H3. The maximum Gasteiger partial charge on any atom is 0.396 e. The second-order valence-corrected chi connectivity index (χ2v) is 3.45. The summed E-state index contributed by atoms with van der Waals surface area (Å²) in [6, 6.07) is 0. The van der Waals surface area contributed by atoms with E-state index in [0.717, 1.165) is 0 Å². The minimum Gasteiger partial charge on any atom is -0.380 e. The molecule has 1 aliphatic carbocycles. The molecule has 0 saturated heterocycles. The Labute approximate surface area is 85.2 Å². The number of rotatable bonds is 2. The third-order valence-corrected chi connectivity index (χ3v) is 2.50. The van der Waals surface area contributed by atoms with E-state index in [1.807, 2.05) is 0 Å². The average Bonchev–Trinajstić information content (AvgIpc) is 2.07. The lowest BCUT2D eigenvalue weighted by atomic mass is 9.95. The molecule has 0 radical (unpaired) electrons. The van der Waals surface area contributed by atoms with Gasteiger partial charge in [0.15, 0.2) is 0 Å². The number of hydrogen-bond acceptors (Lipinski definition) is 1. The Hall–Kier alpha value is -0.480. The molecule has 0 aliphatic heterocycles. The fourth-order valence-electron chi connectivity index (χ4n) is 1.30. The maximum absolute atomic E-state index is 12.4. The monoisotopic (exact) mass is 226 g/mol. The van der Waals surface area contributed by atoms with Gasteiger partial charge in [-0.15, -0.1) is 0 Å². The summed E-state index contributed by atoms with van der Waals surface area (Å²) in [7, 11) is 1.42. The predicted molar refractivity (Wildman–Crippen MR) is 48.1 cm³/mol. The van der Waals surface area contributed by atoms with E-state index in [0.29, 0.717) is 5.57 Å². The van der Waals surface area contributed by atoms with Crippen LogP contribution in [0.5, 0.6) is 0 Å². The van der Waals surface area contributed by atoms with Crippen LogP contribution in [0.15, 0.2) is 22.8 Å². The van der Waals surface area contributed by atoms with E-state index in [1.165, 1.54) is 13.2 Å². The van der Waals surface area contributed by atoms with Gasteiger partial charge in [0.2, 0.25) is 0 Å². The van der Waals surface area contributed by atoms with E-state index >= 15 is 0 Å². The van der Waals surface area contributed by atoms with Crippen LogP contribution >= 0.6 is 11.6 Å². The van der Waals surface area contributed by atoms with E-state index in [9.17, 15) is 13.2 Å². The summed E-state index contributed by atoms with van der Waals surface area (Å²) < 4.78 is 42.0. The lowest BCUT2D eigenvalue weighted by Crippen LogP contribution is -2.25. The molecule has 0 bridgehead atoms. The number of ether oxygens (including phenoxy) is 1. The molecule has 80 valence electrons. The summed E-state index contributed by atoms with van der Waals surface area (Å²) >= 11 is 5.64. The molecule has 0 heterocycles. The van der Waals surface area contributed by atoms with Crippen LogP contribution in [-0.2, 0) is 4.74 Å². The van der Waals surface area contributed by atoms with Crippen molar-refractivity contribution in [3.8, 4) is 0 Å². The van der Waals surface area contributed by atoms with Crippen molar-refractivity contribution < 1.29 is 17.9 Å². The fourth-order valence-corrected chi connectivity index (χ4v) is 1.63. The Morgan fingerprint density at radius 1 is 1.57 bits per heavy atom. The zero-order valence-corrected chi connectivity index (χ0v) is 8.32. The van der Waals surface area contributed by atoms with Gasteiger partial charge in [-0.3, -0.25) is 0 Å². The smallest absolute Gasteiger partial charge is 0.380 e. The molecule has 1 nitrogen and oxygen atoms in total. The van der Waals surface area contributed by atoms with Crippen LogP contribution in [0.3, 0.4) is 0 Å². The molecule has 0 aromatic heterocycles. The first-order chi connectivity index (χ1) is 6.46. The Kier molecular flexibility index (Phi) is 3.61. The highest BCUT2D eigenvalue weighted by molar-refractivity contribution is 6.30. The number of methoxy groups -OCH3 is 1. The summed E-state index contributed by atoms with van der Waals surface area (Å²) in [5, 5.41) is -0.151. The minimum absolute atomic E-state index is 0.0878. The summed E-state index contributed by atoms with van der Waals surface area (Å²) in [5.41, 5.74) is 0.405. The van der Waals surface area contributed by atoms with Crippen LogP contribution in [0.25, 0.3) is 0 Å². The molecule has 5 heteroatoms. The van der Waals surface area contributed by atoms with Crippen molar-refractivity contribution in [1.82, 2.24) is 0 Å². The van der Waals surface area contributed by atoms with E-state index < -0.39 is 12.1 Å². The zero-order chi connectivity index (χ0) is 10.8. The SMILES string of the molecule is COCC1=C(Cl)C(C(F)(F)F)CC=C1. The zero-order valence-electron chi connectivity index (χ0n) is 7.57. The van der Waals surface area contributed by atoms with Gasteiger partial charge >= 0.3 is 6.18 Å². The van der Waals surface area contributed by atoms with Gasteiger partial charge in [0.25, 0.3) is 0 Å². The average molecular weight is 227 g/mol. The van der Waals surface area contributed by atoms with Crippen molar-refractivity contribution >= 4 is 11.6 Å². The molecule has 1 rings (SSSR count). The molecule has 0 N–H and O–H groups in total. The van der Waals surface area contributed by atoms with Crippen molar-refractivity contribution in [2.45, 2.75) is 12.6 Å². The van der Waals surface area contributed by atoms with Gasteiger partial charge < -0.3 is 4.74 Å². The largest absolute Gasteiger partial charge is 0.396 e. The number of hydrogen-bond donors (Lipinski definition) is 0. The molecule has 0 saturated carbocycles. The number of allylic oxidation sites excluding steroid dienone is 2. The molecule has 1 aliphatic rings. The molecule has 0 amide bonds. The normalized spacial score (nSPS) is 23.1. The van der Waals surface area contributed by atoms with E-state index in [1.54, 1.807) is 6.08 Å². The Balaban J connectivity index is 2.88. The lowest BCUT2D eigenvalue weighted by molar-refractivity contribution is -0.161. The van der Waals surface area contributed by atoms with Gasteiger partial charge in [-0.1, -0.05) is 23.8 Å². The first-order valence-electron chi connectivity index (χ1n) is 4.07. The molecule has 0 fully saturated rings. The van der Waals surface area contributed by atoms with Gasteiger partial charge in [0.1, 0.15) is 0 Å². The van der Waals surface area contributed by atoms with Crippen molar-refractivity contribution in [1.29, 1.82) is 0 Å². The quantitative estimate of drug-likeness (QED) is 0.702. The Morgan fingerprint density at radius 2 is 2.21 bits per heavy atom. The maximum atomic E-state index is 12.4. The summed E-state index contributed by atoms with van der Waals surface area (Å²) in [5.74, 6) is -1.57. The van der Waals surface area contributed by atoms with Gasteiger partial charge in [0, 0.05) is 12.1 Å². The summed E-state index contributed by atoms with van der Waals surface area (Å²) in [4.78, 5) is 0. The first-order valence-corrected chi connectivity index (χ1v) is 4.45. The van der Waals surface area contributed by atoms with Crippen molar-refractivity contribution in [3.63, 3.8) is 0 Å². The summed E-state index contributed by atoms with van der Waals surface area (Å²) in [6.45, 7) is 0.113. The third-order valence-electron chi connectivity index (χ3n) is 2.00.